The van der Waals surface area contributed by atoms with Gasteiger partial charge in [0.1, 0.15) is 23.7 Å². The summed E-state index contributed by atoms with van der Waals surface area (Å²) in [6, 6.07) is 3.68. The van der Waals surface area contributed by atoms with Crippen molar-refractivity contribution >= 4 is 5.91 Å². The monoisotopic (exact) mass is 437 g/mol. The molecule has 170 valence electrons. The van der Waals surface area contributed by atoms with Gasteiger partial charge in [-0.25, -0.2) is 0 Å². The standard InChI is InChI=1S/C24H31N5O3/c1-4-28-15-25-26-22(28)20-13-29(14-24(20)10-6-5-7-11-24)23(30)21-9-8-18(31-21)12-19-16(2)27-32-17(19)3/h8-9,15,20H,4-7,10-14H2,1-3H3. The number of aromatic nitrogens is 4. The Bertz CT molecular complexity index is 1090. The van der Waals surface area contributed by atoms with Crippen LogP contribution < -0.4 is 0 Å². The molecule has 1 atom stereocenters. The lowest BCUT2D eigenvalue weighted by atomic mass is 9.67. The number of nitrogens with zero attached hydrogens (tertiary/aromatic N) is 5. The Balaban J connectivity index is 1.38. The SMILES string of the molecule is CCn1cnnc1C1CN(C(=O)c2ccc(Cc3c(C)noc3C)o2)CC12CCCCC2. The van der Waals surface area contributed by atoms with Crippen molar-refractivity contribution in [3.8, 4) is 0 Å². The number of hydrogen-bond acceptors (Lipinski definition) is 6. The average molecular weight is 438 g/mol. The molecule has 1 spiro atoms. The molecular weight excluding hydrogens is 406 g/mol. The summed E-state index contributed by atoms with van der Waals surface area (Å²) in [7, 11) is 0. The lowest BCUT2D eigenvalue weighted by Gasteiger charge is -2.37. The second-order valence-electron chi connectivity index (χ2n) is 9.38. The molecule has 8 heteroatoms. The molecule has 1 saturated heterocycles. The second-order valence-corrected chi connectivity index (χ2v) is 9.38. The molecule has 2 aliphatic rings. The maximum Gasteiger partial charge on any atom is 0.289 e. The van der Waals surface area contributed by atoms with Crippen LogP contribution in [0.5, 0.6) is 0 Å². The molecule has 2 fully saturated rings. The van der Waals surface area contributed by atoms with Crippen LogP contribution in [-0.2, 0) is 13.0 Å². The van der Waals surface area contributed by atoms with E-state index in [1.807, 2.05) is 31.1 Å². The van der Waals surface area contributed by atoms with E-state index < -0.39 is 0 Å². The van der Waals surface area contributed by atoms with Crippen LogP contribution in [0.4, 0.5) is 0 Å². The maximum atomic E-state index is 13.5. The Morgan fingerprint density at radius 3 is 2.75 bits per heavy atom. The zero-order chi connectivity index (χ0) is 22.3. The second kappa shape index (κ2) is 8.22. The predicted molar refractivity (Wildman–Crippen MR) is 117 cm³/mol. The topological polar surface area (TPSA) is 90.2 Å². The van der Waals surface area contributed by atoms with Crippen LogP contribution in [0.3, 0.4) is 0 Å². The smallest absolute Gasteiger partial charge is 0.289 e. The lowest BCUT2D eigenvalue weighted by molar-refractivity contribution is 0.0725. The van der Waals surface area contributed by atoms with E-state index in [-0.39, 0.29) is 17.2 Å². The summed E-state index contributed by atoms with van der Waals surface area (Å²) in [6.07, 6.45) is 8.33. The van der Waals surface area contributed by atoms with Crippen LogP contribution >= 0.6 is 0 Å². The Kier molecular flexibility index (Phi) is 5.39. The first-order chi connectivity index (χ1) is 15.5. The van der Waals surface area contributed by atoms with Gasteiger partial charge < -0.3 is 18.4 Å². The largest absolute Gasteiger partial charge is 0.456 e. The number of rotatable bonds is 5. The van der Waals surface area contributed by atoms with Gasteiger partial charge in [0, 0.05) is 37.5 Å². The lowest BCUT2D eigenvalue weighted by Crippen LogP contribution is -2.34. The minimum atomic E-state index is -0.0370. The number of carbonyl (C=O) groups is 1. The van der Waals surface area contributed by atoms with E-state index in [0.717, 1.165) is 54.5 Å². The molecule has 0 N–H and O–H groups in total. The molecule has 1 amide bonds. The van der Waals surface area contributed by atoms with Gasteiger partial charge in [0.25, 0.3) is 5.91 Å². The van der Waals surface area contributed by atoms with Crippen molar-refractivity contribution in [1.82, 2.24) is 24.8 Å². The van der Waals surface area contributed by atoms with E-state index in [1.165, 1.54) is 19.3 Å². The highest BCUT2D eigenvalue weighted by Gasteiger charge is 2.50. The molecule has 5 rings (SSSR count). The molecular formula is C24H31N5O3. The van der Waals surface area contributed by atoms with Crippen LogP contribution in [0.15, 0.2) is 27.4 Å². The van der Waals surface area contributed by atoms with E-state index in [4.69, 9.17) is 8.94 Å². The van der Waals surface area contributed by atoms with Gasteiger partial charge in [-0.1, -0.05) is 24.4 Å². The Morgan fingerprint density at radius 2 is 2.03 bits per heavy atom. The summed E-state index contributed by atoms with van der Waals surface area (Å²) in [5, 5.41) is 12.7. The van der Waals surface area contributed by atoms with E-state index in [0.29, 0.717) is 18.7 Å². The average Bonchev–Trinajstić information content (AvgIpc) is 3.58. The molecule has 1 aliphatic carbocycles. The van der Waals surface area contributed by atoms with E-state index >= 15 is 0 Å². The predicted octanol–water partition coefficient (Wildman–Crippen LogP) is 4.28. The minimum Gasteiger partial charge on any atom is -0.456 e. The van der Waals surface area contributed by atoms with Crippen LogP contribution in [0.1, 0.15) is 84.1 Å². The molecule has 1 aliphatic heterocycles. The van der Waals surface area contributed by atoms with Crippen LogP contribution in [-0.4, -0.2) is 43.8 Å². The number of hydrogen-bond donors (Lipinski definition) is 0. The van der Waals surface area contributed by atoms with Gasteiger partial charge in [0.05, 0.1) is 5.69 Å². The first kappa shape index (κ1) is 21.0. The maximum absolute atomic E-state index is 13.5. The van der Waals surface area contributed by atoms with E-state index in [9.17, 15) is 4.79 Å². The Morgan fingerprint density at radius 1 is 1.22 bits per heavy atom. The molecule has 1 unspecified atom stereocenters. The van der Waals surface area contributed by atoms with Gasteiger partial charge in [-0.3, -0.25) is 4.79 Å². The summed E-state index contributed by atoms with van der Waals surface area (Å²) in [4.78, 5) is 15.4. The molecule has 4 heterocycles. The molecule has 0 aromatic carbocycles. The van der Waals surface area contributed by atoms with Gasteiger partial charge >= 0.3 is 0 Å². The summed E-state index contributed by atoms with van der Waals surface area (Å²) in [5.41, 5.74) is 1.95. The fourth-order valence-electron chi connectivity index (χ4n) is 5.69. The molecule has 0 radical (unpaired) electrons. The van der Waals surface area contributed by atoms with Gasteiger partial charge in [-0.2, -0.15) is 0 Å². The summed E-state index contributed by atoms with van der Waals surface area (Å²) >= 11 is 0. The highest BCUT2D eigenvalue weighted by atomic mass is 16.5. The fourth-order valence-corrected chi connectivity index (χ4v) is 5.69. The van der Waals surface area contributed by atoms with Crippen molar-refractivity contribution in [3.05, 3.63) is 52.8 Å². The summed E-state index contributed by atoms with van der Waals surface area (Å²) in [5.74, 6) is 3.12. The van der Waals surface area contributed by atoms with Gasteiger partial charge in [-0.15, -0.1) is 10.2 Å². The highest BCUT2D eigenvalue weighted by molar-refractivity contribution is 5.92. The molecule has 0 bridgehead atoms. The van der Waals surface area contributed by atoms with Gasteiger partial charge in [0.2, 0.25) is 0 Å². The van der Waals surface area contributed by atoms with Crippen molar-refractivity contribution in [3.63, 3.8) is 0 Å². The third kappa shape index (κ3) is 3.55. The molecule has 32 heavy (non-hydrogen) atoms. The number of amides is 1. The minimum absolute atomic E-state index is 0.0370. The highest BCUT2D eigenvalue weighted by Crippen LogP contribution is 2.51. The molecule has 3 aromatic heterocycles. The first-order valence-corrected chi connectivity index (χ1v) is 11.7. The van der Waals surface area contributed by atoms with Crippen LogP contribution in [0.25, 0.3) is 0 Å². The molecule has 8 nitrogen and oxygen atoms in total. The Hall–Kier alpha value is -2.90. The van der Waals surface area contributed by atoms with Crippen molar-refractivity contribution < 1.29 is 13.7 Å². The Labute approximate surface area is 188 Å². The van der Waals surface area contributed by atoms with Gasteiger partial charge in [0.15, 0.2) is 5.76 Å². The quantitative estimate of drug-likeness (QED) is 0.592. The van der Waals surface area contributed by atoms with E-state index in [1.54, 1.807) is 6.07 Å². The molecule has 1 saturated carbocycles. The summed E-state index contributed by atoms with van der Waals surface area (Å²) < 4.78 is 13.4. The third-order valence-corrected chi connectivity index (χ3v) is 7.49. The van der Waals surface area contributed by atoms with Crippen molar-refractivity contribution in [2.45, 2.75) is 71.8 Å². The fraction of sp³-hybridized carbons (Fsp3) is 0.583. The first-order valence-electron chi connectivity index (χ1n) is 11.7. The van der Waals surface area contributed by atoms with Crippen molar-refractivity contribution in [2.24, 2.45) is 5.41 Å². The number of likely N-dealkylation sites (tertiary alicyclic amines) is 1. The zero-order valence-corrected chi connectivity index (χ0v) is 19.1. The molecule has 3 aromatic rings. The van der Waals surface area contributed by atoms with E-state index in [2.05, 4.69) is 26.8 Å². The third-order valence-electron chi connectivity index (χ3n) is 7.49. The number of furan rings is 1. The van der Waals surface area contributed by atoms with Crippen LogP contribution in [0.2, 0.25) is 0 Å². The normalized spacial score (nSPS) is 20.3. The number of aryl methyl sites for hydroxylation is 3. The van der Waals surface area contributed by atoms with Gasteiger partial charge in [-0.05, 0) is 51.2 Å². The van der Waals surface area contributed by atoms with Crippen molar-refractivity contribution in [1.29, 1.82) is 0 Å². The summed E-state index contributed by atoms with van der Waals surface area (Å²) in [6.45, 7) is 8.19. The van der Waals surface area contributed by atoms with Crippen LogP contribution in [0, 0.1) is 19.3 Å². The van der Waals surface area contributed by atoms with Crippen molar-refractivity contribution in [2.75, 3.05) is 13.1 Å². The number of carbonyl (C=O) groups excluding carboxylic acids is 1. The zero-order valence-electron chi connectivity index (χ0n) is 19.1.